The number of piperidine rings is 1. The molecule has 1 aromatic carbocycles. The Morgan fingerprint density at radius 2 is 2.17 bits per heavy atom. The first kappa shape index (κ1) is 17.0. The van der Waals surface area contributed by atoms with E-state index in [1.165, 1.54) is 0 Å². The number of amides is 1. The summed E-state index contributed by atoms with van der Waals surface area (Å²) in [4.78, 5) is 18.7. The van der Waals surface area contributed by atoms with Gasteiger partial charge in [0.2, 0.25) is 17.6 Å². The summed E-state index contributed by atoms with van der Waals surface area (Å²) in [7, 11) is 0. The number of hydrogen-bond acceptors (Lipinski definition) is 4. The molecule has 5 nitrogen and oxygen atoms in total. The third kappa shape index (κ3) is 3.96. The highest BCUT2D eigenvalue weighted by Gasteiger charge is 2.28. The number of rotatable bonds is 5. The van der Waals surface area contributed by atoms with Crippen molar-refractivity contribution in [1.82, 2.24) is 15.0 Å². The van der Waals surface area contributed by atoms with E-state index in [4.69, 9.17) is 16.1 Å². The maximum absolute atomic E-state index is 12.2. The number of hydrogen-bond donors (Lipinski definition) is 0. The Kier molecular flexibility index (Phi) is 5.51. The quantitative estimate of drug-likeness (QED) is 0.809. The van der Waals surface area contributed by atoms with Crippen molar-refractivity contribution in [3.05, 3.63) is 35.2 Å². The van der Waals surface area contributed by atoms with E-state index >= 15 is 0 Å². The van der Waals surface area contributed by atoms with Gasteiger partial charge in [0.05, 0.1) is 5.92 Å². The van der Waals surface area contributed by atoms with Gasteiger partial charge in [-0.25, -0.2) is 0 Å². The molecule has 0 radical (unpaired) electrons. The summed E-state index contributed by atoms with van der Waals surface area (Å²) in [5.41, 5.74) is 0.876. The molecule has 3 rings (SSSR count). The molecule has 1 aromatic heterocycles. The summed E-state index contributed by atoms with van der Waals surface area (Å²) < 4.78 is 5.47. The maximum atomic E-state index is 12.2. The van der Waals surface area contributed by atoms with Crippen LogP contribution in [0.15, 0.2) is 28.8 Å². The number of benzene rings is 1. The number of aromatic nitrogens is 2. The van der Waals surface area contributed by atoms with E-state index in [-0.39, 0.29) is 11.8 Å². The largest absolute Gasteiger partial charge is 0.342 e. The SMILES string of the molecule is CCCCC(=O)N1CCC[C@@H](c2nc(-c3ccc(Cl)cc3)no2)C1. The van der Waals surface area contributed by atoms with Gasteiger partial charge in [-0.05, 0) is 43.5 Å². The third-order valence-corrected chi connectivity index (χ3v) is 4.66. The number of carbonyl (C=O) groups is 1. The number of halogens is 1. The maximum Gasteiger partial charge on any atom is 0.231 e. The highest BCUT2D eigenvalue weighted by molar-refractivity contribution is 6.30. The van der Waals surface area contributed by atoms with E-state index < -0.39 is 0 Å². The second kappa shape index (κ2) is 7.79. The standard InChI is InChI=1S/C18H22ClN3O2/c1-2-3-6-16(23)22-11-4-5-14(12-22)18-20-17(21-24-18)13-7-9-15(19)10-8-13/h7-10,14H,2-6,11-12H2,1H3/t14-/m1/s1. The van der Waals surface area contributed by atoms with E-state index in [2.05, 4.69) is 17.1 Å². The molecule has 1 saturated heterocycles. The highest BCUT2D eigenvalue weighted by atomic mass is 35.5. The fourth-order valence-electron chi connectivity index (χ4n) is 3.01. The van der Waals surface area contributed by atoms with Gasteiger partial charge in [0.15, 0.2) is 0 Å². The van der Waals surface area contributed by atoms with Crippen molar-refractivity contribution in [3.63, 3.8) is 0 Å². The van der Waals surface area contributed by atoms with Crippen LogP contribution < -0.4 is 0 Å². The molecule has 1 fully saturated rings. The van der Waals surface area contributed by atoms with Crippen molar-refractivity contribution < 1.29 is 9.32 Å². The van der Waals surface area contributed by atoms with Gasteiger partial charge in [0.1, 0.15) is 0 Å². The summed E-state index contributed by atoms with van der Waals surface area (Å²) in [6.45, 7) is 3.60. The van der Waals surface area contributed by atoms with E-state index in [9.17, 15) is 4.79 Å². The lowest BCUT2D eigenvalue weighted by molar-refractivity contribution is -0.132. The molecule has 1 aliphatic rings. The third-order valence-electron chi connectivity index (χ3n) is 4.41. The number of likely N-dealkylation sites (tertiary alicyclic amines) is 1. The van der Waals surface area contributed by atoms with Crippen molar-refractivity contribution in [2.24, 2.45) is 0 Å². The summed E-state index contributed by atoms with van der Waals surface area (Å²) in [6.07, 6.45) is 4.56. The summed E-state index contributed by atoms with van der Waals surface area (Å²) in [5, 5.41) is 4.75. The zero-order valence-corrected chi connectivity index (χ0v) is 14.6. The minimum Gasteiger partial charge on any atom is -0.342 e. The van der Waals surface area contributed by atoms with Crippen LogP contribution >= 0.6 is 11.6 Å². The molecule has 1 atom stereocenters. The van der Waals surface area contributed by atoms with Gasteiger partial charge in [-0.2, -0.15) is 4.98 Å². The van der Waals surface area contributed by atoms with E-state index in [1.54, 1.807) is 0 Å². The molecular formula is C18H22ClN3O2. The average molecular weight is 348 g/mol. The first-order valence-corrected chi connectivity index (χ1v) is 8.92. The Hall–Kier alpha value is -1.88. The lowest BCUT2D eigenvalue weighted by Gasteiger charge is -2.31. The Morgan fingerprint density at radius 3 is 2.92 bits per heavy atom. The van der Waals surface area contributed by atoms with Crippen LogP contribution in [0.2, 0.25) is 5.02 Å². The average Bonchev–Trinajstić information content (AvgIpc) is 3.10. The smallest absolute Gasteiger partial charge is 0.231 e. The summed E-state index contributed by atoms with van der Waals surface area (Å²) in [5.74, 6) is 1.54. The molecule has 0 bridgehead atoms. The lowest BCUT2D eigenvalue weighted by Crippen LogP contribution is -2.39. The highest BCUT2D eigenvalue weighted by Crippen LogP contribution is 2.28. The summed E-state index contributed by atoms with van der Waals surface area (Å²) >= 11 is 5.91. The lowest BCUT2D eigenvalue weighted by atomic mass is 9.97. The van der Waals surface area contributed by atoms with Crippen molar-refractivity contribution in [3.8, 4) is 11.4 Å². The molecule has 6 heteroatoms. The van der Waals surface area contributed by atoms with Gasteiger partial charge in [0.25, 0.3) is 0 Å². The molecule has 2 aromatic rings. The van der Waals surface area contributed by atoms with Gasteiger partial charge in [-0.1, -0.05) is 30.1 Å². The van der Waals surface area contributed by atoms with Crippen LogP contribution in [0.5, 0.6) is 0 Å². The van der Waals surface area contributed by atoms with Crippen LogP contribution in [0.4, 0.5) is 0 Å². The Balaban J connectivity index is 1.68. The fourth-order valence-corrected chi connectivity index (χ4v) is 3.13. The molecule has 0 unspecified atom stereocenters. The van der Waals surface area contributed by atoms with Crippen LogP contribution in [0.25, 0.3) is 11.4 Å². The Morgan fingerprint density at radius 1 is 1.38 bits per heavy atom. The predicted molar refractivity (Wildman–Crippen MR) is 92.8 cm³/mol. The van der Waals surface area contributed by atoms with Crippen molar-refractivity contribution >= 4 is 17.5 Å². The molecule has 0 spiro atoms. The summed E-state index contributed by atoms with van der Waals surface area (Å²) in [6, 6.07) is 7.36. The van der Waals surface area contributed by atoms with Crippen LogP contribution in [0.1, 0.15) is 50.8 Å². The molecule has 0 aliphatic carbocycles. The van der Waals surface area contributed by atoms with Crippen molar-refractivity contribution in [1.29, 1.82) is 0 Å². The Bertz CT molecular complexity index is 684. The first-order valence-electron chi connectivity index (χ1n) is 8.54. The van der Waals surface area contributed by atoms with Gasteiger partial charge in [0, 0.05) is 30.1 Å². The monoisotopic (exact) mass is 347 g/mol. The minimum absolute atomic E-state index is 0.123. The molecule has 128 valence electrons. The van der Waals surface area contributed by atoms with E-state index in [0.29, 0.717) is 29.7 Å². The predicted octanol–water partition coefficient (Wildman–Crippen LogP) is 4.29. The second-order valence-electron chi connectivity index (χ2n) is 6.25. The zero-order valence-electron chi connectivity index (χ0n) is 13.9. The van der Waals surface area contributed by atoms with Crippen molar-refractivity contribution in [2.45, 2.75) is 44.9 Å². The molecule has 0 saturated carbocycles. The van der Waals surface area contributed by atoms with Gasteiger partial charge in [-0.3, -0.25) is 4.79 Å². The zero-order chi connectivity index (χ0) is 16.9. The number of carbonyl (C=O) groups excluding carboxylic acids is 1. The number of nitrogens with zero attached hydrogens (tertiary/aromatic N) is 3. The van der Waals surface area contributed by atoms with E-state index in [0.717, 1.165) is 37.8 Å². The normalized spacial score (nSPS) is 17.9. The molecule has 1 aliphatic heterocycles. The topological polar surface area (TPSA) is 59.2 Å². The molecular weight excluding hydrogens is 326 g/mol. The van der Waals surface area contributed by atoms with Gasteiger partial charge >= 0.3 is 0 Å². The second-order valence-corrected chi connectivity index (χ2v) is 6.68. The molecule has 2 heterocycles. The Labute approximate surface area is 147 Å². The van der Waals surface area contributed by atoms with Crippen LogP contribution in [-0.4, -0.2) is 34.0 Å². The number of unbranched alkanes of at least 4 members (excludes halogenated alkanes) is 1. The molecule has 24 heavy (non-hydrogen) atoms. The van der Waals surface area contributed by atoms with Crippen LogP contribution in [-0.2, 0) is 4.79 Å². The molecule has 0 N–H and O–H groups in total. The minimum atomic E-state index is 0.123. The first-order chi connectivity index (χ1) is 11.7. The van der Waals surface area contributed by atoms with Crippen LogP contribution in [0, 0.1) is 0 Å². The van der Waals surface area contributed by atoms with Gasteiger partial charge < -0.3 is 9.42 Å². The van der Waals surface area contributed by atoms with Gasteiger partial charge in [-0.15, -0.1) is 0 Å². The van der Waals surface area contributed by atoms with Crippen LogP contribution in [0.3, 0.4) is 0 Å². The molecule has 1 amide bonds. The van der Waals surface area contributed by atoms with E-state index in [1.807, 2.05) is 29.2 Å². The fraction of sp³-hybridized carbons (Fsp3) is 0.500. The van der Waals surface area contributed by atoms with Crippen molar-refractivity contribution in [2.75, 3.05) is 13.1 Å².